The number of nitrogen functional groups attached to an aromatic ring is 1. The number of nitrogens with two attached hydrogens (primary N) is 1. The molecule has 0 spiro atoms. The number of hydrogen-bond donors (Lipinski definition) is 1. The number of rotatable bonds is 2. The lowest BCUT2D eigenvalue weighted by molar-refractivity contribution is -0.274. The van der Waals surface area contributed by atoms with Gasteiger partial charge in [-0.25, -0.2) is 13.8 Å². The molecule has 1 aromatic heterocycles. The van der Waals surface area contributed by atoms with Crippen LogP contribution in [0.3, 0.4) is 0 Å². The van der Waals surface area contributed by atoms with Crippen molar-refractivity contribution in [1.29, 1.82) is 5.26 Å². The second kappa shape index (κ2) is 4.40. The number of hydrogen-bond acceptors (Lipinski definition) is 4. The summed E-state index contributed by atoms with van der Waals surface area (Å²) in [5.41, 5.74) is 2.48. The first-order chi connectivity index (χ1) is 7.76. The summed E-state index contributed by atoms with van der Waals surface area (Å²) in [7, 11) is 0. The molecule has 0 radical (unpaired) electrons. The molecule has 4 nitrogen and oxygen atoms in total. The first-order valence-electron chi connectivity index (χ1n) is 3.98. The molecule has 1 aromatic rings. The maximum atomic E-state index is 12.3. The average Bonchev–Trinajstić information content (AvgIpc) is 2.18. The van der Waals surface area contributed by atoms with E-state index in [1.165, 1.54) is 6.07 Å². The highest BCUT2D eigenvalue weighted by Crippen LogP contribution is 2.33. The molecule has 0 saturated heterocycles. The van der Waals surface area contributed by atoms with Crippen molar-refractivity contribution in [2.24, 2.45) is 0 Å². The van der Waals surface area contributed by atoms with Crippen molar-refractivity contribution < 1.29 is 26.7 Å². The van der Waals surface area contributed by atoms with Gasteiger partial charge in [-0.2, -0.15) is 5.26 Å². The molecule has 0 fully saturated rings. The number of ether oxygens (including phenoxy) is 1. The van der Waals surface area contributed by atoms with Crippen LogP contribution in [0.4, 0.5) is 27.6 Å². The minimum absolute atomic E-state index is 0.394. The van der Waals surface area contributed by atoms with E-state index < -0.39 is 35.5 Å². The number of nitriles is 1. The third kappa shape index (κ3) is 2.93. The summed E-state index contributed by atoms with van der Waals surface area (Å²) in [5, 5.41) is 8.53. The molecule has 0 atom stereocenters. The van der Waals surface area contributed by atoms with Crippen LogP contribution in [0.25, 0.3) is 0 Å². The Morgan fingerprint density at radius 3 is 2.41 bits per heavy atom. The molecular formula is C8H4F5N3O. The Morgan fingerprint density at radius 1 is 1.41 bits per heavy atom. The van der Waals surface area contributed by atoms with Crippen LogP contribution in [0.5, 0.6) is 5.75 Å². The van der Waals surface area contributed by atoms with E-state index in [4.69, 9.17) is 11.0 Å². The van der Waals surface area contributed by atoms with Gasteiger partial charge < -0.3 is 10.5 Å². The van der Waals surface area contributed by atoms with E-state index in [1.807, 2.05) is 0 Å². The quantitative estimate of drug-likeness (QED) is 0.821. The van der Waals surface area contributed by atoms with Gasteiger partial charge in [-0.3, -0.25) is 0 Å². The molecular weight excluding hydrogens is 249 g/mol. The van der Waals surface area contributed by atoms with Gasteiger partial charge in [0.1, 0.15) is 17.3 Å². The van der Waals surface area contributed by atoms with E-state index >= 15 is 0 Å². The van der Waals surface area contributed by atoms with Gasteiger partial charge in [0.15, 0.2) is 5.75 Å². The lowest BCUT2D eigenvalue weighted by Crippen LogP contribution is -2.19. The molecule has 0 bridgehead atoms. The van der Waals surface area contributed by atoms with Crippen molar-refractivity contribution in [2.45, 2.75) is 12.8 Å². The molecule has 0 aliphatic rings. The number of pyridine rings is 1. The molecule has 17 heavy (non-hydrogen) atoms. The number of alkyl halides is 5. The molecule has 1 heterocycles. The van der Waals surface area contributed by atoms with Crippen molar-refractivity contribution in [2.75, 3.05) is 5.73 Å². The lowest BCUT2D eigenvalue weighted by Gasteiger charge is -2.12. The van der Waals surface area contributed by atoms with E-state index in [1.54, 1.807) is 0 Å². The van der Waals surface area contributed by atoms with Gasteiger partial charge in [0.2, 0.25) is 0 Å². The standard InChI is InChI=1S/C8H4F5N3O/c9-7(10)6-3(1-14)5(15)4(2-16-6)17-8(11,12)13/h2,7H,(H2,15,16). The Balaban J connectivity index is 3.27. The predicted octanol–water partition coefficient (Wildman–Crippen LogP) is 2.37. The van der Waals surface area contributed by atoms with Gasteiger partial charge >= 0.3 is 6.36 Å². The normalized spacial score (nSPS) is 11.4. The molecule has 1 rings (SSSR count). The topological polar surface area (TPSA) is 71.9 Å². The maximum absolute atomic E-state index is 12.3. The molecule has 0 amide bonds. The van der Waals surface area contributed by atoms with Crippen LogP contribution >= 0.6 is 0 Å². The molecule has 0 unspecified atom stereocenters. The van der Waals surface area contributed by atoms with Gasteiger partial charge in [0, 0.05) is 0 Å². The summed E-state index contributed by atoms with van der Waals surface area (Å²) in [6.45, 7) is 0. The number of anilines is 1. The van der Waals surface area contributed by atoms with Crippen LogP contribution in [-0.4, -0.2) is 11.3 Å². The summed E-state index contributed by atoms with van der Waals surface area (Å²) in [6, 6.07) is 1.26. The van der Waals surface area contributed by atoms with Gasteiger partial charge in [-0.05, 0) is 0 Å². The van der Waals surface area contributed by atoms with Crippen molar-refractivity contribution in [3.8, 4) is 11.8 Å². The van der Waals surface area contributed by atoms with Gasteiger partial charge in [0.25, 0.3) is 6.43 Å². The van der Waals surface area contributed by atoms with Crippen LogP contribution in [0.15, 0.2) is 6.20 Å². The lowest BCUT2D eigenvalue weighted by atomic mass is 10.1. The molecule has 0 aliphatic heterocycles. The van der Waals surface area contributed by atoms with E-state index in [0.717, 1.165) is 0 Å². The molecule has 92 valence electrons. The van der Waals surface area contributed by atoms with Crippen LogP contribution < -0.4 is 10.5 Å². The monoisotopic (exact) mass is 253 g/mol. The third-order valence-corrected chi connectivity index (χ3v) is 1.66. The summed E-state index contributed by atoms with van der Waals surface area (Å²) in [4.78, 5) is 3.02. The summed E-state index contributed by atoms with van der Waals surface area (Å²) < 4.78 is 63.7. The highest BCUT2D eigenvalue weighted by molar-refractivity contribution is 5.64. The first kappa shape index (κ1) is 13.0. The number of aromatic nitrogens is 1. The predicted molar refractivity (Wildman–Crippen MR) is 45.0 cm³/mol. The summed E-state index contributed by atoms with van der Waals surface area (Å²) in [6.07, 6.45) is -7.77. The van der Waals surface area contributed by atoms with Crippen LogP contribution in [0.1, 0.15) is 17.7 Å². The Kier molecular flexibility index (Phi) is 3.36. The molecule has 0 aromatic carbocycles. The number of nitrogens with zero attached hydrogens (tertiary/aromatic N) is 2. The van der Waals surface area contributed by atoms with Gasteiger partial charge in [-0.15, -0.1) is 13.2 Å². The fourth-order valence-corrected chi connectivity index (χ4v) is 1.01. The Bertz CT molecular complexity index is 465. The molecule has 9 heteroatoms. The largest absolute Gasteiger partial charge is 0.573 e. The zero-order chi connectivity index (χ0) is 13.2. The second-order valence-electron chi connectivity index (χ2n) is 2.76. The fourth-order valence-electron chi connectivity index (χ4n) is 1.01. The van der Waals surface area contributed by atoms with Crippen molar-refractivity contribution >= 4 is 5.69 Å². The van der Waals surface area contributed by atoms with E-state index in [0.29, 0.717) is 6.20 Å². The zero-order valence-corrected chi connectivity index (χ0v) is 7.92. The molecule has 0 aliphatic carbocycles. The minimum atomic E-state index is -5.05. The average molecular weight is 253 g/mol. The van der Waals surface area contributed by atoms with Gasteiger partial charge in [-0.1, -0.05) is 0 Å². The Labute approximate surface area is 91.4 Å². The maximum Gasteiger partial charge on any atom is 0.573 e. The van der Waals surface area contributed by atoms with Crippen LogP contribution in [0, 0.1) is 11.3 Å². The summed E-state index contributed by atoms with van der Waals surface area (Å²) in [5.74, 6) is -0.988. The van der Waals surface area contributed by atoms with Crippen LogP contribution in [-0.2, 0) is 0 Å². The van der Waals surface area contributed by atoms with E-state index in [-0.39, 0.29) is 0 Å². The van der Waals surface area contributed by atoms with Crippen molar-refractivity contribution in [3.05, 3.63) is 17.5 Å². The highest BCUT2D eigenvalue weighted by Gasteiger charge is 2.33. The first-order valence-corrected chi connectivity index (χ1v) is 3.98. The Hall–Kier alpha value is -2.11. The molecule has 0 saturated carbocycles. The minimum Gasteiger partial charge on any atom is -0.402 e. The van der Waals surface area contributed by atoms with Crippen LogP contribution in [0.2, 0.25) is 0 Å². The number of halogens is 5. The fraction of sp³-hybridized carbons (Fsp3) is 0.250. The molecule has 2 N–H and O–H groups in total. The highest BCUT2D eigenvalue weighted by atomic mass is 19.4. The Morgan fingerprint density at radius 2 is 2.00 bits per heavy atom. The third-order valence-electron chi connectivity index (χ3n) is 1.66. The SMILES string of the molecule is N#Cc1c(C(F)F)ncc(OC(F)(F)F)c1N. The van der Waals surface area contributed by atoms with E-state index in [9.17, 15) is 22.0 Å². The van der Waals surface area contributed by atoms with E-state index in [2.05, 4.69) is 9.72 Å². The zero-order valence-electron chi connectivity index (χ0n) is 7.92. The van der Waals surface area contributed by atoms with Crippen molar-refractivity contribution in [3.63, 3.8) is 0 Å². The second-order valence-corrected chi connectivity index (χ2v) is 2.76. The summed E-state index contributed by atoms with van der Waals surface area (Å²) >= 11 is 0. The van der Waals surface area contributed by atoms with Gasteiger partial charge in [0.05, 0.1) is 11.9 Å². The van der Waals surface area contributed by atoms with Crippen molar-refractivity contribution in [1.82, 2.24) is 4.98 Å². The smallest absolute Gasteiger partial charge is 0.402 e.